The smallest absolute Gasteiger partial charge is 0.425 e. The molecule has 0 aromatic carbocycles. The second kappa shape index (κ2) is 12.1. The van der Waals surface area contributed by atoms with Crippen LogP contribution in [0.5, 0.6) is 0 Å². The van der Waals surface area contributed by atoms with Crippen LogP contribution in [-0.4, -0.2) is 69.8 Å². The van der Waals surface area contributed by atoms with Gasteiger partial charge in [0.25, 0.3) is 0 Å². The highest BCUT2D eigenvalue weighted by atomic mass is 32.3. The third-order valence-corrected chi connectivity index (χ3v) is 10.5. The largest absolute Gasteiger partial charge is 0.569 e. The molecule has 0 N–H and O–H groups in total. The van der Waals surface area contributed by atoms with Gasteiger partial charge in [-0.25, -0.2) is 21.4 Å². The van der Waals surface area contributed by atoms with Crippen molar-refractivity contribution in [2.24, 2.45) is 0 Å². The number of halogens is 10. The number of hydrogen-bond acceptors (Lipinski definition) is 7. The van der Waals surface area contributed by atoms with Crippen molar-refractivity contribution in [3.8, 4) is 0 Å². The summed E-state index contributed by atoms with van der Waals surface area (Å²) in [6.45, 7) is 6.60. The average Bonchev–Trinajstić information content (AvgIpc) is 2.75. The van der Waals surface area contributed by atoms with E-state index in [-0.39, 0.29) is 5.41 Å². The number of hydrogen-bond donors (Lipinski definition) is 0. The zero-order valence-electron chi connectivity index (χ0n) is 20.9. The standard InChI is InChI=1S/C13H24NO3Si.C4F10NO4S2/c1-13(2,3)12-7-9-14(10-8-12)11-18(15-4,16-5)17-6;5-1(6,7)3(11,12)20(16,17)15-21(18,19)4(13,14)2(8,9)10/h7-10H,11H2,1-6H3;/q+1;-1. The Balaban J connectivity index is 0.000000748. The molecule has 39 heavy (non-hydrogen) atoms. The predicted molar refractivity (Wildman–Crippen MR) is 115 cm³/mol. The number of rotatable bonds is 9. The summed E-state index contributed by atoms with van der Waals surface area (Å²) in [6, 6.07) is 4.25. The van der Waals surface area contributed by atoms with E-state index in [9.17, 15) is 60.7 Å². The Labute approximate surface area is 218 Å². The number of nitrogens with zero attached hydrogens (tertiary/aromatic N) is 2. The summed E-state index contributed by atoms with van der Waals surface area (Å²) >= 11 is 0. The van der Waals surface area contributed by atoms with Crippen molar-refractivity contribution in [3.63, 3.8) is 0 Å². The lowest BCUT2D eigenvalue weighted by Crippen LogP contribution is -2.56. The van der Waals surface area contributed by atoms with Gasteiger partial charge in [0.05, 0.1) is 0 Å². The molecule has 1 heterocycles. The van der Waals surface area contributed by atoms with Gasteiger partial charge in [-0.15, -0.1) is 0 Å². The molecule has 0 saturated heterocycles. The Hall–Kier alpha value is -1.59. The first-order chi connectivity index (χ1) is 17.1. The van der Waals surface area contributed by atoms with Gasteiger partial charge in [-0.05, 0) is 11.0 Å². The number of aromatic nitrogens is 1. The van der Waals surface area contributed by atoms with Gasteiger partial charge < -0.3 is 17.4 Å². The van der Waals surface area contributed by atoms with Gasteiger partial charge in [-0.1, -0.05) is 20.8 Å². The maximum Gasteiger partial charge on any atom is 0.569 e. The Bertz CT molecular complexity index is 1100. The molecule has 1 aromatic rings. The Kier molecular flexibility index (Phi) is 11.6. The minimum Gasteiger partial charge on any atom is -0.425 e. The van der Waals surface area contributed by atoms with Gasteiger partial charge in [0.1, 0.15) is 0 Å². The second-order valence-corrected chi connectivity index (χ2v) is 14.8. The van der Waals surface area contributed by atoms with Crippen LogP contribution in [0.15, 0.2) is 24.5 Å². The lowest BCUT2D eigenvalue weighted by Gasteiger charge is -2.31. The number of sulfonamides is 2. The average molecular weight is 651 g/mol. The van der Waals surface area contributed by atoms with Crippen molar-refractivity contribution >= 4 is 28.9 Å². The molecule has 0 bridgehead atoms. The molecule has 0 radical (unpaired) electrons. The Morgan fingerprint density at radius 2 is 1.03 bits per heavy atom. The van der Waals surface area contributed by atoms with Crippen LogP contribution in [0.1, 0.15) is 26.3 Å². The van der Waals surface area contributed by atoms with Gasteiger partial charge in [0.15, 0.2) is 32.4 Å². The quantitative estimate of drug-likeness (QED) is 0.226. The molecule has 0 aliphatic heterocycles. The van der Waals surface area contributed by atoms with Gasteiger partial charge in [0.2, 0.25) is 6.17 Å². The fraction of sp³-hybridized carbons (Fsp3) is 0.706. The van der Waals surface area contributed by atoms with Gasteiger partial charge in [0, 0.05) is 33.5 Å². The summed E-state index contributed by atoms with van der Waals surface area (Å²) in [5.74, 6) is 0. The van der Waals surface area contributed by atoms with E-state index in [1.165, 1.54) is 5.56 Å². The van der Waals surface area contributed by atoms with Crippen LogP contribution >= 0.6 is 0 Å². The van der Waals surface area contributed by atoms with E-state index in [1.807, 2.05) is 17.0 Å². The first kappa shape index (κ1) is 37.4. The third kappa shape index (κ3) is 8.69. The summed E-state index contributed by atoms with van der Waals surface area (Å²) in [4.78, 5) is 0. The SMILES string of the molecule is CO[Si](C[n+]1ccc(C(C)(C)C)cc1)(OC)OC.O=S(=O)([N-]S(=O)(=O)C(F)(F)C(F)(F)F)C(F)(F)C(F)(F)F. The molecule has 0 unspecified atom stereocenters. The Morgan fingerprint density at radius 3 is 1.26 bits per heavy atom. The fourth-order valence-electron chi connectivity index (χ4n) is 2.25. The van der Waals surface area contributed by atoms with Crippen LogP contribution in [0.25, 0.3) is 4.13 Å². The van der Waals surface area contributed by atoms with E-state index in [0.717, 1.165) is 0 Å². The molecule has 0 spiro atoms. The minimum atomic E-state index is -7.62. The molecular weight excluding hydrogens is 626 g/mol. The molecule has 0 atom stereocenters. The van der Waals surface area contributed by atoms with E-state index in [1.54, 1.807) is 21.3 Å². The molecule has 0 fully saturated rings. The molecule has 230 valence electrons. The highest BCUT2D eigenvalue weighted by molar-refractivity contribution is 8.13. The molecular formula is C17H24F10N2O7S2Si. The maximum atomic E-state index is 12.3. The minimum absolute atomic E-state index is 0.164. The van der Waals surface area contributed by atoms with Crippen LogP contribution in [0.2, 0.25) is 0 Å². The molecule has 9 nitrogen and oxygen atoms in total. The highest BCUT2D eigenvalue weighted by Gasteiger charge is 2.68. The second-order valence-electron chi connectivity index (χ2n) is 8.36. The van der Waals surface area contributed by atoms with Crippen LogP contribution < -0.4 is 4.57 Å². The molecule has 22 heteroatoms. The van der Waals surface area contributed by atoms with Crippen molar-refractivity contribution in [2.75, 3.05) is 21.3 Å². The number of alkyl halides is 10. The van der Waals surface area contributed by atoms with E-state index in [2.05, 4.69) is 32.9 Å². The maximum absolute atomic E-state index is 12.3. The summed E-state index contributed by atoms with van der Waals surface area (Å²) in [5.41, 5.74) is 1.47. The van der Waals surface area contributed by atoms with Gasteiger partial charge in [-0.3, -0.25) is 0 Å². The summed E-state index contributed by atoms with van der Waals surface area (Å²) in [7, 11) is -12.9. The molecule has 1 rings (SSSR count). The van der Waals surface area contributed by atoms with Crippen molar-refractivity contribution in [1.82, 2.24) is 0 Å². The van der Waals surface area contributed by atoms with Crippen molar-refractivity contribution in [2.45, 2.75) is 55.2 Å². The van der Waals surface area contributed by atoms with Gasteiger partial charge in [-0.2, -0.15) is 43.9 Å². The zero-order valence-corrected chi connectivity index (χ0v) is 23.5. The first-order valence-electron chi connectivity index (χ1n) is 9.85. The van der Waals surface area contributed by atoms with Crippen LogP contribution in [-0.2, 0) is 44.9 Å². The van der Waals surface area contributed by atoms with Gasteiger partial charge >= 0.3 is 31.7 Å². The monoisotopic (exact) mass is 650 g/mol. The van der Waals surface area contributed by atoms with Crippen LogP contribution in [0.4, 0.5) is 43.9 Å². The lowest BCUT2D eigenvalue weighted by atomic mass is 9.88. The van der Waals surface area contributed by atoms with E-state index >= 15 is 0 Å². The highest BCUT2D eigenvalue weighted by Crippen LogP contribution is 2.47. The van der Waals surface area contributed by atoms with Crippen molar-refractivity contribution in [1.29, 1.82) is 0 Å². The van der Waals surface area contributed by atoms with Crippen molar-refractivity contribution < 1.29 is 78.6 Å². The molecule has 0 amide bonds. The predicted octanol–water partition coefficient (Wildman–Crippen LogP) is 4.02. The summed E-state index contributed by atoms with van der Waals surface area (Å²) < 4.78 is 179. The normalized spacial score (nSPS) is 14.6. The molecule has 0 aliphatic carbocycles. The van der Waals surface area contributed by atoms with Crippen molar-refractivity contribution in [3.05, 3.63) is 34.2 Å². The fourth-order valence-corrected chi connectivity index (χ4v) is 6.16. The van der Waals surface area contributed by atoms with E-state index < -0.39 is 51.7 Å². The van der Waals surface area contributed by atoms with Crippen LogP contribution in [0, 0.1) is 0 Å². The molecule has 0 saturated carbocycles. The third-order valence-electron chi connectivity index (χ3n) is 4.57. The Morgan fingerprint density at radius 1 is 0.718 bits per heavy atom. The molecule has 0 aliphatic rings. The topological polar surface area (TPSA) is 114 Å². The van der Waals surface area contributed by atoms with Crippen LogP contribution in [0.3, 0.4) is 0 Å². The number of pyridine rings is 1. The summed E-state index contributed by atoms with van der Waals surface area (Å²) in [5, 5.41) is -14.0. The summed E-state index contributed by atoms with van der Waals surface area (Å²) in [6.07, 6.45) is -9.31. The zero-order chi connectivity index (χ0) is 31.5. The molecule has 1 aromatic heterocycles. The first-order valence-corrected chi connectivity index (χ1v) is 14.7. The van der Waals surface area contributed by atoms with E-state index in [4.69, 9.17) is 13.3 Å². The van der Waals surface area contributed by atoms with E-state index in [0.29, 0.717) is 10.3 Å². The lowest BCUT2D eigenvalue weighted by molar-refractivity contribution is -0.685.